The number of unbranched alkanes of at least 4 members (excludes halogenated alkanes) is 4. The molecule has 4 atom stereocenters. The summed E-state index contributed by atoms with van der Waals surface area (Å²) in [5.41, 5.74) is 0. The first-order valence-electron chi connectivity index (χ1n) is 14.5. The Balaban J connectivity index is 5.50. The van der Waals surface area contributed by atoms with Crippen molar-refractivity contribution in [2.75, 3.05) is 13.7 Å². The second-order valence-electron chi connectivity index (χ2n) is 10.3. The van der Waals surface area contributed by atoms with E-state index in [1.54, 1.807) is 19.1 Å². The highest BCUT2D eigenvalue weighted by molar-refractivity contribution is 5.90. The maximum atomic E-state index is 13.3. The third-order valence-electron chi connectivity index (χ3n) is 6.39. The molecule has 9 nitrogen and oxygen atoms in total. The summed E-state index contributed by atoms with van der Waals surface area (Å²) >= 11 is 0. The molecule has 3 N–H and O–H groups in total. The lowest BCUT2D eigenvalue weighted by molar-refractivity contribution is -0.148. The minimum atomic E-state index is -1.06. The van der Waals surface area contributed by atoms with Gasteiger partial charge in [0.1, 0.15) is 18.2 Å². The van der Waals surface area contributed by atoms with Gasteiger partial charge in [0.05, 0.1) is 6.61 Å². The highest BCUT2D eigenvalue weighted by Crippen LogP contribution is 2.17. The Morgan fingerprint density at radius 3 is 2.10 bits per heavy atom. The minimum absolute atomic E-state index is 0.0385. The second-order valence-corrected chi connectivity index (χ2v) is 10.3. The van der Waals surface area contributed by atoms with E-state index in [1.165, 1.54) is 13.5 Å². The van der Waals surface area contributed by atoms with Crippen molar-refractivity contribution in [3.05, 3.63) is 25.3 Å². The van der Waals surface area contributed by atoms with Crippen LogP contribution in [0.25, 0.3) is 0 Å². The van der Waals surface area contributed by atoms with Gasteiger partial charge < -0.3 is 25.4 Å². The molecule has 0 rings (SSSR count). The molecule has 0 aromatic rings. The molecule has 2 unspecified atom stereocenters. The van der Waals surface area contributed by atoms with Gasteiger partial charge in [0, 0.05) is 13.0 Å². The van der Waals surface area contributed by atoms with Crippen molar-refractivity contribution < 1.29 is 28.7 Å². The summed E-state index contributed by atoms with van der Waals surface area (Å²) in [7, 11) is 1.51. The van der Waals surface area contributed by atoms with E-state index in [-0.39, 0.29) is 31.0 Å². The number of amides is 3. The van der Waals surface area contributed by atoms with E-state index in [9.17, 15) is 19.2 Å². The van der Waals surface area contributed by atoms with Crippen molar-refractivity contribution in [3.8, 4) is 0 Å². The van der Waals surface area contributed by atoms with Crippen molar-refractivity contribution in [1.29, 1.82) is 0 Å². The predicted molar refractivity (Wildman–Crippen MR) is 155 cm³/mol. The molecule has 224 valence electrons. The van der Waals surface area contributed by atoms with E-state index in [2.05, 4.69) is 36.0 Å². The highest BCUT2D eigenvalue weighted by atomic mass is 16.6. The number of ether oxygens (including phenoxy) is 2. The first-order valence-corrected chi connectivity index (χ1v) is 14.5. The number of rotatable bonds is 22. The Kier molecular flexibility index (Phi) is 20.4. The fraction of sp³-hybridized carbons (Fsp3) is 0.733. The Labute approximate surface area is 235 Å². The van der Waals surface area contributed by atoms with Crippen molar-refractivity contribution in [2.24, 2.45) is 11.8 Å². The summed E-state index contributed by atoms with van der Waals surface area (Å²) in [6, 6.07) is -1.98. The minimum Gasteiger partial charge on any atom is -0.464 e. The van der Waals surface area contributed by atoms with E-state index >= 15 is 0 Å². The van der Waals surface area contributed by atoms with E-state index in [0.29, 0.717) is 19.3 Å². The molecule has 0 fully saturated rings. The summed E-state index contributed by atoms with van der Waals surface area (Å²) in [4.78, 5) is 51.2. The first-order chi connectivity index (χ1) is 18.6. The molecular weight excluding hydrogens is 498 g/mol. The summed E-state index contributed by atoms with van der Waals surface area (Å²) in [5, 5.41) is 8.00. The van der Waals surface area contributed by atoms with Crippen LogP contribution >= 0.6 is 0 Å². The van der Waals surface area contributed by atoms with E-state index in [1.807, 2.05) is 13.8 Å². The SMILES string of the molecule is C=CCCC(CCCCCCC)OC(=O)N[C@@H](CC(C)C)C(=O)N[C@@H](CC(CC=C)C(=O)NC)C(=O)OCC. The van der Waals surface area contributed by atoms with Crippen LogP contribution in [0.2, 0.25) is 0 Å². The molecule has 0 aromatic carbocycles. The molecule has 0 bridgehead atoms. The molecule has 0 aromatic heterocycles. The number of alkyl carbamates (subject to hydrolysis) is 1. The molecule has 0 aliphatic carbocycles. The fourth-order valence-electron chi connectivity index (χ4n) is 4.30. The zero-order valence-corrected chi connectivity index (χ0v) is 24.9. The summed E-state index contributed by atoms with van der Waals surface area (Å²) < 4.78 is 10.9. The predicted octanol–water partition coefficient (Wildman–Crippen LogP) is 5.20. The number of esters is 1. The maximum absolute atomic E-state index is 13.3. The Bertz CT molecular complexity index is 755. The lowest BCUT2D eigenvalue weighted by Gasteiger charge is -2.26. The molecule has 0 spiro atoms. The number of hydrogen-bond donors (Lipinski definition) is 3. The van der Waals surface area contributed by atoms with Crippen LogP contribution in [0.4, 0.5) is 4.79 Å². The van der Waals surface area contributed by atoms with Gasteiger partial charge in [-0.2, -0.15) is 0 Å². The summed E-state index contributed by atoms with van der Waals surface area (Å²) in [5.74, 6) is -1.93. The molecule has 3 amide bonds. The topological polar surface area (TPSA) is 123 Å². The van der Waals surface area contributed by atoms with E-state index in [4.69, 9.17) is 9.47 Å². The van der Waals surface area contributed by atoms with Gasteiger partial charge >= 0.3 is 12.1 Å². The third kappa shape index (κ3) is 16.7. The lowest BCUT2D eigenvalue weighted by Crippen LogP contribution is -2.53. The van der Waals surface area contributed by atoms with Crippen LogP contribution in [0.1, 0.15) is 98.3 Å². The van der Waals surface area contributed by atoms with Crippen molar-refractivity contribution >= 4 is 23.9 Å². The quantitative estimate of drug-likeness (QED) is 0.0966. The van der Waals surface area contributed by atoms with Crippen LogP contribution in [0.3, 0.4) is 0 Å². The van der Waals surface area contributed by atoms with Gasteiger partial charge in [-0.25, -0.2) is 9.59 Å². The van der Waals surface area contributed by atoms with Gasteiger partial charge in [0.25, 0.3) is 0 Å². The number of carbonyl (C=O) groups excluding carboxylic acids is 4. The van der Waals surface area contributed by atoms with Gasteiger partial charge in [0.15, 0.2) is 0 Å². The fourth-order valence-corrected chi connectivity index (χ4v) is 4.30. The van der Waals surface area contributed by atoms with Gasteiger partial charge in [0.2, 0.25) is 11.8 Å². The maximum Gasteiger partial charge on any atom is 0.408 e. The first kappa shape index (κ1) is 36.2. The number of hydrogen-bond acceptors (Lipinski definition) is 6. The molecule has 9 heteroatoms. The Hall–Kier alpha value is -2.84. The van der Waals surface area contributed by atoms with E-state index < -0.39 is 36.0 Å². The van der Waals surface area contributed by atoms with Crippen LogP contribution < -0.4 is 16.0 Å². The average Bonchev–Trinajstić information content (AvgIpc) is 2.89. The number of allylic oxidation sites excluding steroid dienone is 2. The number of carbonyl (C=O) groups is 4. The zero-order valence-electron chi connectivity index (χ0n) is 24.9. The molecule has 0 saturated heterocycles. The lowest BCUT2D eigenvalue weighted by atomic mass is 9.94. The monoisotopic (exact) mass is 551 g/mol. The standard InChI is InChI=1S/C30H53N3O6/c1-8-12-14-15-16-19-24(18-13-9-2)39-30(37)33-25(20-22(5)6)28(35)32-26(29(36)38-11-4)21-23(17-10-3)27(34)31-7/h9-10,22-26H,2-3,8,11-21H2,1,4-7H3,(H,31,34)(H,32,35)(H,33,37)/t23?,24?,25-,26-/m0/s1. The van der Waals surface area contributed by atoms with Crippen LogP contribution in [0, 0.1) is 11.8 Å². The third-order valence-corrected chi connectivity index (χ3v) is 6.39. The van der Waals surface area contributed by atoms with Gasteiger partial charge in [-0.05, 0) is 57.8 Å². The normalized spacial score (nSPS) is 13.9. The van der Waals surface area contributed by atoms with Gasteiger partial charge in [-0.3, -0.25) is 9.59 Å². The molecule has 0 saturated carbocycles. The second kappa shape index (κ2) is 22.0. The molecular formula is C30H53N3O6. The van der Waals surface area contributed by atoms with Gasteiger partial charge in [-0.15, -0.1) is 13.2 Å². The van der Waals surface area contributed by atoms with Gasteiger partial charge in [-0.1, -0.05) is 58.6 Å². The van der Waals surface area contributed by atoms with E-state index in [0.717, 1.165) is 38.5 Å². The number of nitrogens with one attached hydrogen (secondary N) is 3. The van der Waals surface area contributed by atoms with Crippen LogP contribution in [0.15, 0.2) is 25.3 Å². The zero-order chi connectivity index (χ0) is 29.6. The van der Waals surface area contributed by atoms with Crippen molar-refractivity contribution in [3.63, 3.8) is 0 Å². The molecule has 0 aliphatic heterocycles. The average molecular weight is 552 g/mol. The molecule has 0 heterocycles. The molecule has 39 heavy (non-hydrogen) atoms. The largest absolute Gasteiger partial charge is 0.464 e. The van der Waals surface area contributed by atoms with Crippen LogP contribution in [-0.4, -0.2) is 55.7 Å². The highest BCUT2D eigenvalue weighted by Gasteiger charge is 2.32. The molecule has 0 radical (unpaired) electrons. The summed E-state index contributed by atoms with van der Waals surface area (Å²) in [6.45, 7) is 15.3. The van der Waals surface area contributed by atoms with Crippen molar-refractivity contribution in [1.82, 2.24) is 16.0 Å². The smallest absolute Gasteiger partial charge is 0.408 e. The Morgan fingerprint density at radius 2 is 1.54 bits per heavy atom. The van der Waals surface area contributed by atoms with Crippen LogP contribution in [0.5, 0.6) is 0 Å². The van der Waals surface area contributed by atoms with Crippen molar-refractivity contribution in [2.45, 2.75) is 117 Å². The molecule has 0 aliphatic rings. The summed E-state index contributed by atoms with van der Waals surface area (Å²) in [6.07, 6.45) is 10.9. The Morgan fingerprint density at radius 1 is 0.846 bits per heavy atom. The van der Waals surface area contributed by atoms with Crippen LogP contribution in [-0.2, 0) is 23.9 Å².